The summed E-state index contributed by atoms with van der Waals surface area (Å²) < 4.78 is 7.03. The number of nitrogens with zero attached hydrogens (tertiary/aromatic N) is 2. The zero-order valence-corrected chi connectivity index (χ0v) is 11.5. The van der Waals surface area contributed by atoms with Gasteiger partial charge in [0.2, 0.25) is 5.91 Å². The van der Waals surface area contributed by atoms with Crippen molar-refractivity contribution in [3.05, 3.63) is 18.0 Å². The minimum atomic E-state index is -0.0678. The Labute approximate surface area is 109 Å². The molecule has 1 N–H and O–H groups in total. The van der Waals surface area contributed by atoms with Crippen LogP contribution in [0.4, 0.5) is 0 Å². The summed E-state index contributed by atoms with van der Waals surface area (Å²) in [6.07, 6.45) is 6.62. The van der Waals surface area contributed by atoms with Crippen molar-refractivity contribution >= 4 is 5.91 Å². The third kappa shape index (κ3) is 4.87. The van der Waals surface area contributed by atoms with Crippen molar-refractivity contribution in [2.24, 2.45) is 7.05 Å². The summed E-state index contributed by atoms with van der Waals surface area (Å²) in [7, 11) is 1.87. The molecule has 0 aromatic carbocycles. The van der Waals surface area contributed by atoms with Gasteiger partial charge in [0.25, 0.3) is 0 Å². The van der Waals surface area contributed by atoms with Crippen LogP contribution in [0.15, 0.2) is 12.4 Å². The van der Waals surface area contributed by atoms with Gasteiger partial charge in [0.1, 0.15) is 6.61 Å². The van der Waals surface area contributed by atoms with Crippen LogP contribution in [0.1, 0.15) is 44.7 Å². The number of aryl methyl sites for hydroxylation is 1. The Bertz CT molecular complexity index is 363. The molecular weight excluding hydrogens is 230 g/mol. The second-order valence-corrected chi connectivity index (χ2v) is 4.38. The number of hydrogen-bond acceptors (Lipinski definition) is 3. The minimum Gasteiger partial charge on any atom is -0.372 e. The molecule has 0 fully saturated rings. The van der Waals surface area contributed by atoms with Crippen LogP contribution in [0.3, 0.4) is 0 Å². The first kappa shape index (κ1) is 14.7. The summed E-state index contributed by atoms with van der Waals surface area (Å²) in [6.45, 7) is 4.92. The van der Waals surface area contributed by atoms with Gasteiger partial charge in [-0.25, -0.2) is 0 Å². The monoisotopic (exact) mass is 253 g/mol. The first-order chi connectivity index (χ1) is 8.67. The molecule has 1 heterocycles. The molecule has 5 heteroatoms. The van der Waals surface area contributed by atoms with Gasteiger partial charge in [-0.2, -0.15) is 5.10 Å². The van der Waals surface area contributed by atoms with Crippen LogP contribution in [0.5, 0.6) is 0 Å². The molecule has 0 aliphatic heterocycles. The Morgan fingerprint density at radius 3 is 2.89 bits per heavy atom. The lowest BCUT2D eigenvalue weighted by atomic mass is 10.1. The zero-order valence-electron chi connectivity index (χ0n) is 11.5. The van der Waals surface area contributed by atoms with Crippen LogP contribution in [0.25, 0.3) is 0 Å². The van der Waals surface area contributed by atoms with Crippen molar-refractivity contribution in [1.82, 2.24) is 15.1 Å². The molecule has 102 valence electrons. The maximum absolute atomic E-state index is 11.7. The van der Waals surface area contributed by atoms with E-state index in [2.05, 4.69) is 17.3 Å². The van der Waals surface area contributed by atoms with Crippen molar-refractivity contribution in [1.29, 1.82) is 0 Å². The van der Waals surface area contributed by atoms with Gasteiger partial charge in [-0.3, -0.25) is 9.48 Å². The second kappa shape index (κ2) is 7.87. The molecule has 1 aromatic heterocycles. The first-order valence-corrected chi connectivity index (χ1v) is 6.53. The molecule has 1 rings (SSSR count). The van der Waals surface area contributed by atoms with E-state index >= 15 is 0 Å². The van der Waals surface area contributed by atoms with Crippen molar-refractivity contribution < 1.29 is 9.53 Å². The normalized spacial score (nSPS) is 12.4. The van der Waals surface area contributed by atoms with Gasteiger partial charge in [-0.1, -0.05) is 20.3 Å². The Kier molecular flexibility index (Phi) is 6.43. The zero-order chi connectivity index (χ0) is 13.4. The van der Waals surface area contributed by atoms with Crippen LogP contribution in [-0.4, -0.2) is 28.9 Å². The summed E-state index contributed by atoms with van der Waals surface area (Å²) >= 11 is 0. The van der Waals surface area contributed by atoms with E-state index in [0.717, 1.165) is 24.8 Å². The van der Waals surface area contributed by atoms with Gasteiger partial charge in [-0.15, -0.1) is 0 Å². The standard InChI is InChI=1S/C13H23N3O2/c1-4-6-7-18-10-13(17)15-12(5-2)11-8-14-16(3)9-11/h8-9,12H,4-7,10H2,1-3H3,(H,15,17)/t12-/m0/s1. The predicted octanol–water partition coefficient (Wildman–Crippen LogP) is 1.80. The van der Waals surface area contributed by atoms with Gasteiger partial charge in [-0.05, 0) is 12.8 Å². The average Bonchev–Trinajstić information content (AvgIpc) is 2.78. The lowest BCUT2D eigenvalue weighted by molar-refractivity contribution is -0.126. The number of rotatable bonds is 8. The van der Waals surface area contributed by atoms with E-state index in [1.807, 2.05) is 20.2 Å². The van der Waals surface area contributed by atoms with Gasteiger partial charge < -0.3 is 10.1 Å². The molecular formula is C13H23N3O2. The fraction of sp³-hybridized carbons (Fsp3) is 0.692. The van der Waals surface area contributed by atoms with Crippen molar-refractivity contribution in [3.63, 3.8) is 0 Å². The number of ether oxygens (including phenoxy) is 1. The van der Waals surface area contributed by atoms with Crippen LogP contribution < -0.4 is 5.32 Å². The third-order valence-electron chi connectivity index (χ3n) is 2.75. The molecule has 1 aromatic rings. The molecule has 0 radical (unpaired) electrons. The van der Waals surface area contributed by atoms with Gasteiger partial charge >= 0.3 is 0 Å². The molecule has 1 atom stereocenters. The quantitative estimate of drug-likeness (QED) is 0.719. The van der Waals surface area contributed by atoms with Gasteiger partial charge in [0.15, 0.2) is 0 Å². The first-order valence-electron chi connectivity index (χ1n) is 6.53. The minimum absolute atomic E-state index is 0.0148. The average molecular weight is 253 g/mol. The number of carbonyl (C=O) groups excluding carboxylic acids is 1. The largest absolute Gasteiger partial charge is 0.372 e. The summed E-state index contributed by atoms with van der Waals surface area (Å²) in [5.41, 5.74) is 1.03. The number of aromatic nitrogens is 2. The van der Waals surface area contributed by atoms with Crippen LogP contribution in [0, 0.1) is 0 Å². The molecule has 18 heavy (non-hydrogen) atoms. The molecule has 5 nitrogen and oxygen atoms in total. The Hall–Kier alpha value is -1.36. The van der Waals surface area contributed by atoms with Crippen LogP contribution in [-0.2, 0) is 16.6 Å². The SMILES string of the molecule is CCCCOCC(=O)N[C@@H](CC)c1cnn(C)c1. The highest BCUT2D eigenvalue weighted by Gasteiger charge is 2.13. The van der Waals surface area contributed by atoms with Gasteiger partial charge in [0.05, 0.1) is 12.2 Å². The fourth-order valence-electron chi connectivity index (χ4n) is 1.69. The predicted molar refractivity (Wildman–Crippen MR) is 70.1 cm³/mol. The highest BCUT2D eigenvalue weighted by Crippen LogP contribution is 2.14. The van der Waals surface area contributed by atoms with Crippen LogP contribution >= 0.6 is 0 Å². The summed E-state index contributed by atoms with van der Waals surface area (Å²) in [5, 5.41) is 7.07. The number of hydrogen-bond donors (Lipinski definition) is 1. The number of amides is 1. The summed E-state index contributed by atoms with van der Waals surface area (Å²) in [5.74, 6) is -0.0678. The van der Waals surface area contributed by atoms with Crippen molar-refractivity contribution in [3.8, 4) is 0 Å². The van der Waals surface area contributed by atoms with E-state index in [4.69, 9.17) is 4.74 Å². The van der Waals surface area contributed by atoms with E-state index < -0.39 is 0 Å². The Balaban J connectivity index is 2.36. The lowest BCUT2D eigenvalue weighted by Crippen LogP contribution is -2.31. The maximum Gasteiger partial charge on any atom is 0.246 e. The fourth-order valence-corrected chi connectivity index (χ4v) is 1.69. The number of unbranched alkanes of at least 4 members (excludes halogenated alkanes) is 1. The lowest BCUT2D eigenvalue weighted by Gasteiger charge is -2.15. The smallest absolute Gasteiger partial charge is 0.246 e. The number of carbonyl (C=O) groups is 1. The van der Waals surface area contributed by atoms with Crippen molar-refractivity contribution in [2.75, 3.05) is 13.2 Å². The molecule has 0 aliphatic rings. The van der Waals surface area contributed by atoms with E-state index in [-0.39, 0.29) is 18.6 Å². The van der Waals surface area contributed by atoms with E-state index in [1.165, 1.54) is 0 Å². The van der Waals surface area contributed by atoms with Crippen molar-refractivity contribution in [2.45, 2.75) is 39.2 Å². The van der Waals surface area contributed by atoms with E-state index in [0.29, 0.717) is 6.61 Å². The molecule has 0 unspecified atom stereocenters. The maximum atomic E-state index is 11.7. The summed E-state index contributed by atoms with van der Waals surface area (Å²) in [6, 6.07) is 0.0148. The second-order valence-electron chi connectivity index (χ2n) is 4.38. The molecule has 0 aliphatic carbocycles. The molecule has 1 amide bonds. The molecule has 0 saturated heterocycles. The molecule has 0 bridgehead atoms. The van der Waals surface area contributed by atoms with Gasteiger partial charge in [0, 0.05) is 25.4 Å². The Morgan fingerprint density at radius 1 is 1.56 bits per heavy atom. The van der Waals surface area contributed by atoms with E-state index in [9.17, 15) is 4.79 Å². The molecule has 0 saturated carbocycles. The Morgan fingerprint density at radius 2 is 2.33 bits per heavy atom. The topological polar surface area (TPSA) is 56.1 Å². The van der Waals surface area contributed by atoms with E-state index in [1.54, 1.807) is 10.9 Å². The third-order valence-corrected chi connectivity index (χ3v) is 2.75. The summed E-state index contributed by atoms with van der Waals surface area (Å²) in [4.78, 5) is 11.7. The van der Waals surface area contributed by atoms with Crippen LogP contribution in [0.2, 0.25) is 0 Å². The number of nitrogens with one attached hydrogen (secondary N) is 1. The highest BCUT2D eigenvalue weighted by atomic mass is 16.5. The highest BCUT2D eigenvalue weighted by molar-refractivity contribution is 5.77. The molecule has 0 spiro atoms.